The lowest BCUT2D eigenvalue weighted by atomic mass is 10.1. The van der Waals surface area contributed by atoms with Crippen LogP contribution in [0.3, 0.4) is 0 Å². The number of rotatable bonds is 5. The van der Waals surface area contributed by atoms with Gasteiger partial charge in [-0.15, -0.1) is 0 Å². The number of benzene rings is 1. The fourth-order valence-electron chi connectivity index (χ4n) is 1.85. The lowest BCUT2D eigenvalue weighted by molar-refractivity contribution is -0.153. The Balaban J connectivity index is 2.36. The van der Waals surface area contributed by atoms with E-state index in [2.05, 4.69) is 10.3 Å². The van der Waals surface area contributed by atoms with E-state index in [1.165, 1.54) is 25.1 Å². The second-order valence-corrected chi connectivity index (χ2v) is 6.14. The summed E-state index contributed by atoms with van der Waals surface area (Å²) in [5.74, 6) is -0.949. The van der Waals surface area contributed by atoms with Crippen LogP contribution in [0.15, 0.2) is 42.6 Å². The van der Waals surface area contributed by atoms with E-state index in [4.69, 9.17) is 22.1 Å². The molecule has 0 saturated carbocycles. The molecule has 2 rings (SSSR count). The molecule has 134 valence electrons. The number of ether oxygens (including phenoxy) is 1. The molecule has 9 heteroatoms. The Morgan fingerprint density at radius 3 is 2.60 bits per heavy atom. The molecule has 0 radical (unpaired) electrons. The highest BCUT2D eigenvalue weighted by Gasteiger charge is 2.30. The number of alkyl halides is 4. The Labute approximate surface area is 146 Å². The fourth-order valence-corrected chi connectivity index (χ4v) is 1.90. The minimum absolute atomic E-state index is 0.00901. The van der Waals surface area contributed by atoms with Crippen molar-refractivity contribution in [3.63, 3.8) is 0 Å². The minimum atomic E-state index is -4.52. The summed E-state index contributed by atoms with van der Waals surface area (Å²) in [6.45, 7) is -0.248. The monoisotopic (exact) mass is 373 g/mol. The standard InChI is InChI=1S/C16H15ClF3N3O2/c1-15(17,21)14(24)23-12-8-10(11-4-2-3-7-22-11)5-6-13(12)25-9-16(18,19)20/h2-8H,9,21H2,1H3,(H,23,24). The van der Waals surface area contributed by atoms with Crippen LogP contribution in [0.2, 0.25) is 0 Å². The topological polar surface area (TPSA) is 77.2 Å². The smallest absolute Gasteiger partial charge is 0.422 e. The number of carbonyl (C=O) groups excluding carboxylic acids is 1. The predicted octanol–water partition coefficient (Wildman–Crippen LogP) is 3.54. The Bertz CT molecular complexity index is 747. The van der Waals surface area contributed by atoms with E-state index in [9.17, 15) is 18.0 Å². The van der Waals surface area contributed by atoms with Gasteiger partial charge in [0.15, 0.2) is 11.6 Å². The second kappa shape index (κ2) is 7.28. The fraction of sp³-hybridized carbons (Fsp3) is 0.250. The van der Waals surface area contributed by atoms with Crippen molar-refractivity contribution in [1.29, 1.82) is 0 Å². The molecule has 0 aliphatic rings. The SMILES string of the molecule is CC(N)(Cl)C(=O)Nc1cc(-c2ccccn2)ccc1OCC(F)(F)F. The normalized spacial score (nSPS) is 13.8. The van der Waals surface area contributed by atoms with Crippen LogP contribution in [-0.4, -0.2) is 28.7 Å². The third-order valence-electron chi connectivity index (χ3n) is 3.02. The van der Waals surface area contributed by atoms with Gasteiger partial charge in [0.1, 0.15) is 5.75 Å². The van der Waals surface area contributed by atoms with Crippen molar-refractivity contribution in [2.45, 2.75) is 18.1 Å². The molecule has 0 spiro atoms. The molecule has 1 aromatic carbocycles. The number of halogens is 4. The van der Waals surface area contributed by atoms with Crippen molar-refractivity contribution in [3.8, 4) is 17.0 Å². The van der Waals surface area contributed by atoms with Crippen LogP contribution in [0, 0.1) is 0 Å². The van der Waals surface area contributed by atoms with Crippen LogP contribution in [0.4, 0.5) is 18.9 Å². The first-order valence-corrected chi connectivity index (χ1v) is 7.48. The van der Waals surface area contributed by atoms with Gasteiger partial charge in [0.2, 0.25) is 0 Å². The van der Waals surface area contributed by atoms with Gasteiger partial charge in [0.05, 0.1) is 11.4 Å². The first kappa shape index (κ1) is 19.0. The second-order valence-electron chi connectivity index (χ2n) is 5.36. The minimum Gasteiger partial charge on any atom is -0.482 e. The molecule has 1 amide bonds. The van der Waals surface area contributed by atoms with Gasteiger partial charge in [-0.3, -0.25) is 9.78 Å². The van der Waals surface area contributed by atoms with E-state index in [-0.39, 0.29) is 11.4 Å². The molecule has 0 aliphatic carbocycles. The van der Waals surface area contributed by atoms with Crippen LogP contribution in [0.5, 0.6) is 5.75 Å². The molecule has 1 atom stereocenters. The maximum absolute atomic E-state index is 12.4. The summed E-state index contributed by atoms with van der Waals surface area (Å²) in [7, 11) is 0. The van der Waals surface area contributed by atoms with Gasteiger partial charge in [-0.1, -0.05) is 17.7 Å². The third-order valence-corrected chi connectivity index (χ3v) is 3.20. The van der Waals surface area contributed by atoms with Crippen LogP contribution >= 0.6 is 11.6 Å². The van der Waals surface area contributed by atoms with Gasteiger partial charge in [-0.25, -0.2) is 0 Å². The van der Waals surface area contributed by atoms with Gasteiger partial charge in [-0.05, 0) is 37.3 Å². The quantitative estimate of drug-likeness (QED) is 0.620. The van der Waals surface area contributed by atoms with Gasteiger partial charge in [0, 0.05) is 11.8 Å². The lowest BCUT2D eigenvalue weighted by Gasteiger charge is -2.19. The van der Waals surface area contributed by atoms with Crippen molar-refractivity contribution in [2.75, 3.05) is 11.9 Å². The largest absolute Gasteiger partial charge is 0.482 e. The molecule has 5 nitrogen and oxygen atoms in total. The van der Waals surface area contributed by atoms with Crippen molar-refractivity contribution < 1.29 is 22.7 Å². The molecule has 1 heterocycles. The van der Waals surface area contributed by atoms with Crippen molar-refractivity contribution in [2.24, 2.45) is 5.73 Å². The Kier molecular flexibility index (Phi) is 5.54. The number of nitrogens with zero attached hydrogens (tertiary/aromatic N) is 1. The first-order valence-electron chi connectivity index (χ1n) is 7.10. The Morgan fingerprint density at radius 2 is 2.04 bits per heavy atom. The molecule has 2 aromatic rings. The molecular formula is C16H15ClF3N3O2. The zero-order valence-corrected chi connectivity index (χ0v) is 13.9. The Morgan fingerprint density at radius 1 is 1.32 bits per heavy atom. The van der Waals surface area contributed by atoms with Crippen LogP contribution in [0.1, 0.15) is 6.92 Å². The number of carbonyl (C=O) groups is 1. The third kappa shape index (κ3) is 5.61. The zero-order chi connectivity index (χ0) is 18.7. The van der Waals surface area contributed by atoms with E-state index in [0.29, 0.717) is 11.3 Å². The lowest BCUT2D eigenvalue weighted by Crippen LogP contribution is -2.43. The molecule has 0 saturated heterocycles. The van der Waals surface area contributed by atoms with E-state index in [0.717, 1.165) is 0 Å². The van der Waals surface area contributed by atoms with Crippen LogP contribution in [0.25, 0.3) is 11.3 Å². The summed E-state index contributed by atoms with van der Waals surface area (Å²) in [5, 5.41) is 2.38. The van der Waals surface area contributed by atoms with E-state index >= 15 is 0 Å². The molecule has 1 unspecified atom stereocenters. The van der Waals surface area contributed by atoms with Crippen molar-refractivity contribution >= 4 is 23.2 Å². The number of hydrogen-bond donors (Lipinski definition) is 2. The number of pyridine rings is 1. The summed E-state index contributed by atoms with van der Waals surface area (Å²) in [5.41, 5.74) is 6.64. The summed E-state index contributed by atoms with van der Waals surface area (Å²) >= 11 is 5.72. The van der Waals surface area contributed by atoms with Gasteiger partial charge in [-0.2, -0.15) is 13.2 Å². The summed E-state index contributed by atoms with van der Waals surface area (Å²) in [6, 6.07) is 9.48. The summed E-state index contributed by atoms with van der Waals surface area (Å²) < 4.78 is 42.0. The predicted molar refractivity (Wildman–Crippen MR) is 88.3 cm³/mol. The maximum Gasteiger partial charge on any atom is 0.422 e. The maximum atomic E-state index is 12.4. The van der Waals surface area contributed by atoms with Crippen LogP contribution < -0.4 is 15.8 Å². The highest BCUT2D eigenvalue weighted by molar-refractivity contribution is 6.35. The summed E-state index contributed by atoms with van der Waals surface area (Å²) in [4.78, 5) is 14.4. The van der Waals surface area contributed by atoms with Gasteiger partial charge in [0.25, 0.3) is 5.91 Å². The molecule has 0 fully saturated rings. The molecule has 0 aliphatic heterocycles. The Hall–Kier alpha value is -2.32. The number of anilines is 1. The highest BCUT2D eigenvalue weighted by Crippen LogP contribution is 2.32. The average Bonchev–Trinajstić information content (AvgIpc) is 2.52. The molecule has 0 bridgehead atoms. The zero-order valence-electron chi connectivity index (χ0n) is 13.1. The average molecular weight is 374 g/mol. The highest BCUT2D eigenvalue weighted by atomic mass is 35.5. The number of amides is 1. The van der Waals surface area contributed by atoms with Crippen molar-refractivity contribution in [1.82, 2.24) is 4.98 Å². The van der Waals surface area contributed by atoms with Crippen molar-refractivity contribution in [3.05, 3.63) is 42.6 Å². The molecule has 25 heavy (non-hydrogen) atoms. The van der Waals surface area contributed by atoms with E-state index in [1.54, 1.807) is 24.4 Å². The molecule has 3 N–H and O–H groups in total. The first-order chi connectivity index (χ1) is 11.6. The molecular weight excluding hydrogens is 359 g/mol. The number of nitrogens with two attached hydrogens (primary N) is 1. The van der Waals surface area contributed by atoms with E-state index in [1.807, 2.05) is 0 Å². The summed E-state index contributed by atoms with van der Waals surface area (Å²) in [6.07, 6.45) is -2.95. The van der Waals surface area contributed by atoms with Gasteiger partial charge >= 0.3 is 6.18 Å². The van der Waals surface area contributed by atoms with Gasteiger partial charge < -0.3 is 15.8 Å². The number of nitrogens with one attached hydrogen (secondary N) is 1. The number of hydrogen-bond acceptors (Lipinski definition) is 4. The van der Waals surface area contributed by atoms with E-state index < -0.39 is 23.7 Å². The molecule has 1 aromatic heterocycles. The number of aromatic nitrogens is 1. The van der Waals surface area contributed by atoms with Crippen LogP contribution in [-0.2, 0) is 4.79 Å².